The van der Waals surface area contributed by atoms with Gasteiger partial charge >= 0.3 is 0 Å². The van der Waals surface area contributed by atoms with Crippen LogP contribution >= 0.6 is 27.5 Å². The fourth-order valence-corrected chi connectivity index (χ4v) is 3.94. The predicted octanol–water partition coefficient (Wildman–Crippen LogP) is 5.08. The van der Waals surface area contributed by atoms with Crippen molar-refractivity contribution in [3.05, 3.63) is 32.8 Å². The van der Waals surface area contributed by atoms with Gasteiger partial charge in [0.25, 0.3) is 0 Å². The minimum atomic E-state index is 0.0411. The molecule has 0 spiro atoms. The summed E-state index contributed by atoms with van der Waals surface area (Å²) in [7, 11) is 0. The van der Waals surface area contributed by atoms with Gasteiger partial charge in [0.1, 0.15) is 0 Å². The van der Waals surface area contributed by atoms with Gasteiger partial charge in [-0.1, -0.05) is 22.0 Å². The van der Waals surface area contributed by atoms with Crippen molar-refractivity contribution in [1.29, 1.82) is 0 Å². The molecular formula is C15H20BrClO. The molecule has 3 atom stereocenters. The summed E-state index contributed by atoms with van der Waals surface area (Å²) >= 11 is 10.4. The average Bonchev–Trinajstić information content (AvgIpc) is 2.72. The van der Waals surface area contributed by atoms with E-state index in [-0.39, 0.29) is 11.5 Å². The van der Waals surface area contributed by atoms with Crippen molar-refractivity contribution in [2.24, 2.45) is 5.92 Å². The van der Waals surface area contributed by atoms with Crippen LogP contribution < -0.4 is 0 Å². The molecular weight excluding hydrogens is 312 g/mol. The highest BCUT2D eigenvalue weighted by Crippen LogP contribution is 2.42. The Morgan fingerprint density at radius 1 is 1.33 bits per heavy atom. The van der Waals surface area contributed by atoms with Gasteiger partial charge in [0, 0.05) is 17.0 Å². The van der Waals surface area contributed by atoms with E-state index in [0.29, 0.717) is 5.92 Å². The van der Waals surface area contributed by atoms with Crippen LogP contribution in [0.5, 0.6) is 0 Å². The monoisotopic (exact) mass is 330 g/mol. The topological polar surface area (TPSA) is 9.23 Å². The zero-order valence-electron chi connectivity index (χ0n) is 11.4. The van der Waals surface area contributed by atoms with E-state index in [4.69, 9.17) is 16.3 Å². The molecule has 1 aromatic carbocycles. The molecule has 1 saturated heterocycles. The van der Waals surface area contributed by atoms with Crippen molar-refractivity contribution in [3.63, 3.8) is 0 Å². The van der Waals surface area contributed by atoms with Gasteiger partial charge in [-0.2, -0.15) is 0 Å². The lowest BCUT2D eigenvalue weighted by atomic mass is 9.88. The molecule has 18 heavy (non-hydrogen) atoms. The molecule has 1 nitrogen and oxygen atoms in total. The van der Waals surface area contributed by atoms with Crippen molar-refractivity contribution < 1.29 is 4.74 Å². The third kappa shape index (κ3) is 2.48. The Kier molecular flexibility index (Phi) is 4.40. The maximum absolute atomic E-state index is 6.74. The Morgan fingerprint density at radius 3 is 2.56 bits per heavy atom. The third-order valence-corrected chi connectivity index (χ3v) is 5.79. The van der Waals surface area contributed by atoms with Gasteiger partial charge < -0.3 is 4.74 Å². The molecule has 3 heteroatoms. The smallest absolute Gasteiger partial charge is 0.0644 e. The zero-order chi connectivity index (χ0) is 13.4. The van der Waals surface area contributed by atoms with Gasteiger partial charge in [-0.15, -0.1) is 11.6 Å². The largest absolute Gasteiger partial charge is 0.378 e. The van der Waals surface area contributed by atoms with E-state index >= 15 is 0 Å². The first-order valence-electron chi connectivity index (χ1n) is 6.45. The average molecular weight is 332 g/mol. The SMILES string of the molecule is Cc1cc(C)c(C(Cl)C2CCOC2C)c(C)c1Br. The highest BCUT2D eigenvalue weighted by molar-refractivity contribution is 9.10. The van der Waals surface area contributed by atoms with Crippen molar-refractivity contribution in [2.45, 2.75) is 45.6 Å². The van der Waals surface area contributed by atoms with Crippen molar-refractivity contribution in [2.75, 3.05) is 6.61 Å². The lowest BCUT2D eigenvalue weighted by Gasteiger charge is -2.25. The third-order valence-electron chi connectivity index (χ3n) is 4.02. The highest BCUT2D eigenvalue weighted by Gasteiger charge is 2.33. The first-order chi connectivity index (χ1) is 8.43. The van der Waals surface area contributed by atoms with Gasteiger partial charge in [0.2, 0.25) is 0 Å². The molecule has 1 fully saturated rings. The Morgan fingerprint density at radius 2 is 2.00 bits per heavy atom. The van der Waals surface area contributed by atoms with Crippen LogP contribution in [-0.4, -0.2) is 12.7 Å². The number of aryl methyl sites for hydroxylation is 2. The van der Waals surface area contributed by atoms with Crippen molar-refractivity contribution in [1.82, 2.24) is 0 Å². The summed E-state index contributed by atoms with van der Waals surface area (Å²) in [5, 5.41) is 0.0411. The standard InChI is InChI=1S/C15H20BrClO/c1-8-7-9(2)14(16)10(3)13(8)15(17)12-5-6-18-11(12)4/h7,11-12,15H,5-6H2,1-4H3. The number of rotatable bonds is 2. The van der Waals surface area contributed by atoms with E-state index in [1.54, 1.807) is 0 Å². The molecule has 0 aliphatic carbocycles. The number of ether oxygens (including phenoxy) is 1. The van der Waals surface area contributed by atoms with Crippen LogP contribution in [-0.2, 0) is 4.74 Å². The molecule has 1 aromatic rings. The summed E-state index contributed by atoms with van der Waals surface area (Å²) < 4.78 is 6.83. The molecule has 0 bridgehead atoms. The number of hydrogen-bond donors (Lipinski definition) is 0. The Labute approximate surface area is 123 Å². The number of alkyl halides is 1. The lowest BCUT2D eigenvalue weighted by Crippen LogP contribution is -2.18. The van der Waals surface area contributed by atoms with Gasteiger partial charge in [-0.25, -0.2) is 0 Å². The van der Waals surface area contributed by atoms with Crippen LogP contribution in [0.2, 0.25) is 0 Å². The lowest BCUT2D eigenvalue weighted by molar-refractivity contribution is 0.105. The Bertz CT molecular complexity index is 458. The van der Waals surface area contributed by atoms with E-state index in [1.165, 1.54) is 26.7 Å². The van der Waals surface area contributed by atoms with Crippen LogP contribution in [0.25, 0.3) is 0 Å². The fraction of sp³-hybridized carbons (Fsp3) is 0.600. The van der Waals surface area contributed by atoms with Crippen LogP contribution in [0, 0.1) is 26.7 Å². The van der Waals surface area contributed by atoms with Crippen LogP contribution in [0.1, 0.15) is 41.0 Å². The highest BCUT2D eigenvalue weighted by atomic mass is 79.9. The molecule has 0 aromatic heterocycles. The number of benzene rings is 1. The van der Waals surface area contributed by atoms with Crippen LogP contribution in [0.15, 0.2) is 10.5 Å². The van der Waals surface area contributed by atoms with Gasteiger partial charge in [-0.3, -0.25) is 0 Å². The molecule has 100 valence electrons. The molecule has 0 N–H and O–H groups in total. The first-order valence-corrected chi connectivity index (χ1v) is 7.68. The summed E-state index contributed by atoms with van der Waals surface area (Å²) in [5.41, 5.74) is 5.10. The number of halogens is 2. The molecule has 1 aliphatic rings. The van der Waals surface area contributed by atoms with Crippen LogP contribution in [0.3, 0.4) is 0 Å². The van der Waals surface area contributed by atoms with E-state index in [9.17, 15) is 0 Å². The van der Waals surface area contributed by atoms with Crippen molar-refractivity contribution in [3.8, 4) is 0 Å². The van der Waals surface area contributed by atoms with Gasteiger partial charge in [0.05, 0.1) is 11.5 Å². The van der Waals surface area contributed by atoms with E-state index in [0.717, 1.165) is 13.0 Å². The van der Waals surface area contributed by atoms with Gasteiger partial charge in [0.15, 0.2) is 0 Å². The number of hydrogen-bond acceptors (Lipinski definition) is 1. The molecule has 0 amide bonds. The molecule has 1 aliphatic heterocycles. The summed E-state index contributed by atoms with van der Waals surface area (Å²) in [5.74, 6) is 0.415. The van der Waals surface area contributed by atoms with E-state index in [1.807, 2.05) is 0 Å². The molecule has 0 radical (unpaired) electrons. The summed E-state index contributed by atoms with van der Waals surface area (Å²) in [6, 6.07) is 2.21. The molecule has 2 rings (SSSR count). The Hall–Kier alpha value is -0.0500. The van der Waals surface area contributed by atoms with E-state index < -0.39 is 0 Å². The minimum Gasteiger partial charge on any atom is -0.378 e. The second-order valence-electron chi connectivity index (χ2n) is 5.29. The predicted molar refractivity (Wildman–Crippen MR) is 80.5 cm³/mol. The molecule has 3 unspecified atom stereocenters. The summed E-state index contributed by atoms with van der Waals surface area (Å²) in [6.45, 7) is 9.38. The maximum atomic E-state index is 6.74. The molecule has 1 heterocycles. The second kappa shape index (κ2) is 5.52. The zero-order valence-corrected chi connectivity index (χ0v) is 13.7. The summed E-state index contributed by atoms with van der Waals surface area (Å²) in [4.78, 5) is 0. The fourth-order valence-electron chi connectivity index (χ4n) is 2.95. The van der Waals surface area contributed by atoms with Crippen molar-refractivity contribution >= 4 is 27.5 Å². The Balaban J connectivity index is 2.41. The molecule has 0 saturated carbocycles. The van der Waals surface area contributed by atoms with Gasteiger partial charge in [-0.05, 0) is 56.4 Å². The first kappa shape index (κ1) is 14.4. The second-order valence-corrected chi connectivity index (χ2v) is 6.56. The quantitative estimate of drug-likeness (QED) is 0.687. The minimum absolute atomic E-state index is 0.0411. The summed E-state index contributed by atoms with van der Waals surface area (Å²) in [6.07, 6.45) is 1.31. The van der Waals surface area contributed by atoms with Crippen LogP contribution in [0.4, 0.5) is 0 Å². The van der Waals surface area contributed by atoms with E-state index in [2.05, 4.69) is 49.7 Å². The normalized spacial score (nSPS) is 25.4. The maximum Gasteiger partial charge on any atom is 0.0644 e.